The summed E-state index contributed by atoms with van der Waals surface area (Å²) in [6.07, 6.45) is 6.41. The van der Waals surface area contributed by atoms with Crippen molar-refractivity contribution >= 4 is 0 Å². The van der Waals surface area contributed by atoms with Crippen molar-refractivity contribution in [3.63, 3.8) is 0 Å². The predicted octanol–water partition coefficient (Wildman–Crippen LogP) is 1.86. The molecule has 0 amide bonds. The van der Waals surface area contributed by atoms with Crippen LogP contribution in [-0.4, -0.2) is 61.3 Å². The molecular formula is C15H27N3O. The smallest absolute Gasteiger partial charge is 0.0976 e. The number of ether oxygens (including phenoxy) is 1. The van der Waals surface area contributed by atoms with Gasteiger partial charge in [0.1, 0.15) is 0 Å². The Balaban J connectivity index is 1.81. The number of hydrogen-bond acceptors (Lipinski definition) is 4. The van der Waals surface area contributed by atoms with E-state index in [0.717, 1.165) is 32.6 Å². The van der Waals surface area contributed by atoms with E-state index in [-0.39, 0.29) is 6.04 Å². The highest BCUT2D eigenvalue weighted by atomic mass is 16.5. The van der Waals surface area contributed by atoms with Gasteiger partial charge in [0.25, 0.3) is 0 Å². The number of piperazine rings is 1. The van der Waals surface area contributed by atoms with Crippen molar-refractivity contribution in [2.75, 3.05) is 33.3 Å². The Labute approximate surface area is 117 Å². The van der Waals surface area contributed by atoms with Crippen LogP contribution in [0.5, 0.6) is 0 Å². The first kappa shape index (κ1) is 14.8. The highest BCUT2D eigenvalue weighted by molar-refractivity contribution is 4.94. The van der Waals surface area contributed by atoms with Crippen LogP contribution in [0.3, 0.4) is 0 Å². The molecule has 108 valence electrons. The van der Waals surface area contributed by atoms with E-state index in [0.29, 0.717) is 12.1 Å². The van der Waals surface area contributed by atoms with Crippen LogP contribution in [0, 0.1) is 11.3 Å². The van der Waals surface area contributed by atoms with E-state index in [1.807, 2.05) is 7.11 Å². The normalized spacial score (nSPS) is 31.8. The quantitative estimate of drug-likeness (QED) is 0.778. The maximum atomic E-state index is 9.14. The number of hydrogen-bond donors (Lipinski definition) is 0. The van der Waals surface area contributed by atoms with E-state index in [1.54, 1.807) is 0 Å². The first-order valence-corrected chi connectivity index (χ1v) is 7.69. The van der Waals surface area contributed by atoms with Crippen molar-refractivity contribution in [2.24, 2.45) is 0 Å². The van der Waals surface area contributed by atoms with Gasteiger partial charge in [-0.3, -0.25) is 9.80 Å². The average molecular weight is 265 g/mol. The van der Waals surface area contributed by atoms with Crippen LogP contribution in [0.2, 0.25) is 0 Å². The molecule has 1 aliphatic heterocycles. The number of methoxy groups -OCH3 is 1. The minimum Gasteiger partial charge on any atom is -0.381 e. The molecule has 2 rings (SSSR count). The maximum absolute atomic E-state index is 9.14. The van der Waals surface area contributed by atoms with E-state index in [9.17, 15) is 0 Å². The molecule has 0 spiro atoms. The second-order valence-electron chi connectivity index (χ2n) is 5.80. The second kappa shape index (κ2) is 7.23. The molecule has 1 aliphatic carbocycles. The monoisotopic (exact) mass is 265 g/mol. The number of rotatable bonds is 4. The molecule has 4 heteroatoms. The minimum absolute atomic E-state index is 0.111. The Morgan fingerprint density at radius 1 is 1.26 bits per heavy atom. The zero-order valence-electron chi connectivity index (χ0n) is 12.3. The van der Waals surface area contributed by atoms with Crippen molar-refractivity contribution in [2.45, 2.75) is 57.2 Å². The largest absolute Gasteiger partial charge is 0.381 e. The molecule has 1 saturated heterocycles. The summed E-state index contributed by atoms with van der Waals surface area (Å²) in [5.41, 5.74) is 0. The topological polar surface area (TPSA) is 39.5 Å². The zero-order valence-corrected chi connectivity index (χ0v) is 12.3. The van der Waals surface area contributed by atoms with Gasteiger partial charge in [-0.05, 0) is 32.1 Å². The first-order chi connectivity index (χ1) is 9.28. The van der Waals surface area contributed by atoms with Gasteiger partial charge < -0.3 is 4.74 Å². The third-order valence-electron chi connectivity index (χ3n) is 4.77. The summed E-state index contributed by atoms with van der Waals surface area (Å²) < 4.78 is 5.53. The lowest BCUT2D eigenvalue weighted by molar-refractivity contribution is 0.00851. The average Bonchev–Trinajstić information content (AvgIpc) is 2.49. The summed E-state index contributed by atoms with van der Waals surface area (Å²) in [5, 5.41) is 9.14. The van der Waals surface area contributed by atoms with E-state index in [1.165, 1.54) is 25.7 Å². The minimum atomic E-state index is 0.111. The molecule has 0 aromatic rings. The number of nitrogens with zero attached hydrogens (tertiary/aromatic N) is 3. The van der Waals surface area contributed by atoms with Crippen molar-refractivity contribution < 1.29 is 4.74 Å². The van der Waals surface area contributed by atoms with Gasteiger partial charge in [-0.2, -0.15) is 5.26 Å². The van der Waals surface area contributed by atoms with Gasteiger partial charge in [0.15, 0.2) is 0 Å². The van der Waals surface area contributed by atoms with E-state index in [4.69, 9.17) is 10.00 Å². The van der Waals surface area contributed by atoms with Gasteiger partial charge in [0.2, 0.25) is 0 Å². The van der Waals surface area contributed by atoms with E-state index < -0.39 is 0 Å². The molecule has 0 aromatic carbocycles. The predicted molar refractivity (Wildman–Crippen MR) is 75.9 cm³/mol. The Morgan fingerprint density at radius 3 is 2.58 bits per heavy atom. The van der Waals surface area contributed by atoms with E-state index >= 15 is 0 Å². The third kappa shape index (κ3) is 3.68. The van der Waals surface area contributed by atoms with Crippen LogP contribution in [-0.2, 0) is 4.74 Å². The van der Waals surface area contributed by atoms with Crippen LogP contribution in [0.1, 0.15) is 39.0 Å². The molecule has 0 radical (unpaired) electrons. The lowest BCUT2D eigenvalue weighted by atomic mass is 9.91. The van der Waals surface area contributed by atoms with Gasteiger partial charge in [0.05, 0.1) is 18.2 Å². The van der Waals surface area contributed by atoms with Crippen LogP contribution < -0.4 is 0 Å². The van der Waals surface area contributed by atoms with Crippen LogP contribution in [0.25, 0.3) is 0 Å². The standard InChI is InChI=1S/C15H27N3O/c1-3-13(12-16)17-7-9-18(10-8-17)14-5-4-6-15(11-14)19-2/h13-15H,3-11H2,1-2H3. The van der Waals surface area contributed by atoms with Gasteiger partial charge in [-0.1, -0.05) is 6.92 Å². The number of nitriles is 1. The lowest BCUT2D eigenvalue weighted by Crippen LogP contribution is -2.54. The summed E-state index contributed by atoms with van der Waals surface area (Å²) >= 11 is 0. The summed E-state index contributed by atoms with van der Waals surface area (Å²) in [7, 11) is 1.84. The summed E-state index contributed by atoms with van der Waals surface area (Å²) in [5.74, 6) is 0. The van der Waals surface area contributed by atoms with Crippen LogP contribution in [0.15, 0.2) is 0 Å². The molecule has 2 aliphatic rings. The zero-order chi connectivity index (χ0) is 13.7. The van der Waals surface area contributed by atoms with E-state index in [2.05, 4.69) is 22.8 Å². The molecule has 3 unspecified atom stereocenters. The molecule has 1 heterocycles. The molecular weight excluding hydrogens is 238 g/mol. The van der Waals surface area contributed by atoms with Crippen molar-refractivity contribution in [3.8, 4) is 6.07 Å². The third-order valence-corrected chi connectivity index (χ3v) is 4.77. The van der Waals surface area contributed by atoms with Gasteiger partial charge in [-0.15, -0.1) is 0 Å². The van der Waals surface area contributed by atoms with Gasteiger partial charge in [-0.25, -0.2) is 0 Å². The molecule has 0 N–H and O–H groups in total. The Bertz CT molecular complexity index is 307. The molecule has 3 atom stereocenters. The van der Waals surface area contributed by atoms with Crippen LogP contribution in [0.4, 0.5) is 0 Å². The first-order valence-electron chi connectivity index (χ1n) is 7.69. The lowest BCUT2D eigenvalue weighted by Gasteiger charge is -2.43. The van der Waals surface area contributed by atoms with Crippen LogP contribution >= 0.6 is 0 Å². The van der Waals surface area contributed by atoms with Crippen molar-refractivity contribution in [1.82, 2.24) is 9.80 Å². The fraction of sp³-hybridized carbons (Fsp3) is 0.933. The summed E-state index contributed by atoms with van der Waals surface area (Å²) in [4.78, 5) is 4.96. The fourth-order valence-corrected chi connectivity index (χ4v) is 3.51. The van der Waals surface area contributed by atoms with Crippen molar-refractivity contribution in [3.05, 3.63) is 0 Å². The Kier molecular flexibility index (Phi) is 5.62. The maximum Gasteiger partial charge on any atom is 0.0976 e. The molecule has 0 aromatic heterocycles. The van der Waals surface area contributed by atoms with Gasteiger partial charge in [0, 0.05) is 39.3 Å². The summed E-state index contributed by atoms with van der Waals surface area (Å²) in [6.45, 7) is 6.41. The summed E-state index contributed by atoms with van der Waals surface area (Å²) in [6, 6.07) is 3.23. The molecule has 0 bridgehead atoms. The van der Waals surface area contributed by atoms with Gasteiger partial charge >= 0.3 is 0 Å². The van der Waals surface area contributed by atoms with Crippen molar-refractivity contribution in [1.29, 1.82) is 5.26 Å². The molecule has 1 saturated carbocycles. The highest BCUT2D eigenvalue weighted by Crippen LogP contribution is 2.26. The Hall–Kier alpha value is -0.630. The molecule has 19 heavy (non-hydrogen) atoms. The Morgan fingerprint density at radius 2 is 2.00 bits per heavy atom. The fourth-order valence-electron chi connectivity index (χ4n) is 3.51. The molecule has 4 nitrogen and oxygen atoms in total. The molecule has 2 fully saturated rings. The second-order valence-corrected chi connectivity index (χ2v) is 5.80. The SMILES string of the molecule is CCC(C#N)N1CCN(C2CCCC(OC)C2)CC1. The highest BCUT2D eigenvalue weighted by Gasteiger charge is 2.30.